The molecule has 0 amide bonds. The van der Waals surface area contributed by atoms with Gasteiger partial charge in [-0.15, -0.1) is 0 Å². The Morgan fingerprint density at radius 2 is 2.05 bits per heavy atom. The first-order chi connectivity index (χ1) is 10.2. The fourth-order valence-electron chi connectivity index (χ4n) is 3.66. The Bertz CT molecular complexity index is 293. The van der Waals surface area contributed by atoms with Crippen LogP contribution >= 0.6 is 0 Å². The quantitative estimate of drug-likeness (QED) is 0.603. The lowest BCUT2D eigenvalue weighted by Gasteiger charge is -2.41. The molecule has 0 radical (unpaired) electrons. The van der Waals surface area contributed by atoms with E-state index in [-0.39, 0.29) is 12.1 Å². The third-order valence-corrected chi connectivity index (χ3v) is 5.08. The topological polar surface area (TPSA) is 41.5 Å². The van der Waals surface area contributed by atoms with Gasteiger partial charge in [0, 0.05) is 11.6 Å². The van der Waals surface area contributed by atoms with E-state index in [0.29, 0.717) is 18.2 Å². The number of aliphatic hydroxyl groups excluding tert-OH is 1. The molecule has 2 aliphatic carbocycles. The van der Waals surface area contributed by atoms with Crippen LogP contribution in [0.4, 0.5) is 0 Å². The minimum Gasteiger partial charge on any atom is -0.394 e. The van der Waals surface area contributed by atoms with E-state index in [0.717, 1.165) is 19.3 Å². The second-order valence-corrected chi connectivity index (χ2v) is 7.37. The molecule has 0 bridgehead atoms. The summed E-state index contributed by atoms with van der Waals surface area (Å²) >= 11 is 0. The maximum atomic E-state index is 9.85. The number of nitrogens with one attached hydrogen (secondary N) is 1. The molecule has 2 rings (SSSR count). The second-order valence-electron chi connectivity index (χ2n) is 7.37. The minimum absolute atomic E-state index is 0.0635. The number of ether oxygens (including phenoxy) is 1. The predicted molar refractivity (Wildman–Crippen MR) is 87.5 cm³/mol. The molecule has 0 aromatic rings. The van der Waals surface area contributed by atoms with Gasteiger partial charge in [-0.3, -0.25) is 0 Å². The van der Waals surface area contributed by atoms with E-state index in [2.05, 4.69) is 19.2 Å². The molecule has 3 atom stereocenters. The van der Waals surface area contributed by atoms with Crippen molar-refractivity contribution in [3.8, 4) is 0 Å². The Morgan fingerprint density at radius 1 is 1.24 bits per heavy atom. The molecule has 0 saturated heterocycles. The molecule has 0 aliphatic heterocycles. The zero-order valence-electron chi connectivity index (χ0n) is 14.1. The third-order valence-electron chi connectivity index (χ3n) is 5.08. The van der Waals surface area contributed by atoms with Gasteiger partial charge in [0.1, 0.15) is 0 Å². The van der Waals surface area contributed by atoms with E-state index in [1.165, 1.54) is 51.4 Å². The monoisotopic (exact) mass is 297 g/mol. The highest BCUT2D eigenvalue weighted by atomic mass is 16.5. The van der Waals surface area contributed by atoms with E-state index in [9.17, 15) is 5.11 Å². The number of hydrogen-bond donors (Lipinski definition) is 2. The molecule has 2 saturated carbocycles. The SMILES string of the molecule is CCCCCCC(C)OC1CCCC(CO)(NC2CC2)C1. The fraction of sp³-hybridized carbons (Fsp3) is 1.00. The highest BCUT2D eigenvalue weighted by Crippen LogP contribution is 2.34. The molecule has 3 unspecified atom stereocenters. The Hall–Kier alpha value is -0.120. The van der Waals surface area contributed by atoms with Crippen LogP contribution in [-0.4, -0.2) is 35.5 Å². The van der Waals surface area contributed by atoms with Crippen molar-refractivity contribution in [2.24, 2.45) is 0 Å². The summed E-state index contributed by atoms with van der Waals surface area (Å²) in [6.45, 7) is 4.73. The van der Waals surface area contributed by atoms with Crippen LogP contribution in [0, 0.1) is 0 Å². The average molecular weight is 297 g/mol. The van der Waals surface area contributed by atoms with Crippen molar-refractivity contribution in [1.29, 1.82) is 0 Å². The van der Waals surface area contributed by atoms with Gasteiger partial charge >= 0.3 is 0 Å². The molecule has 124 valence electrons. The Balaban J connectivity index is 1.71. The normalized spacial score (nSPS) is 31.3. The predicted octanol–water partition coefficient (Wildman–Crippen LogP) is 3.79. The molecule has 0 aromatic carbocycles. The minimum atomic E-state index is -0.0635. The summed E-state index contributed by atoms with van der Waals surface area (Å²) in [5.41, 5.74) is -0.0635. The molecule has 21 heavy (non-hydrogen) atoms. The van der Waals surface area contributed by atoms with E-state index in [1.54, 1.807) is 0 Å². The van der Waals surface area contributed by atoms with Gasteiger partial charge in [-0.1, -0.05) is 32.6 Å². The van der Waals surface area contributed by atoms with Crippen LogP contribution in [0.25, 0.3) is 0 Å². The van der Waals surface area contributed by atoms with Crippen molar-refractivity contribution in [2.45, 2.75) is 108 Å². The maximum Gasteiger partial charge on any atom is 0.0614 e. The highest BCUT2D eigenvalue weighted by Gasteiger charge is 2.40. The maximum absolute atomic E-state index is 9.85. The van der Waals surface area contributed by atoms with Gasteiger partial charge in [0.05, 0.1) is 18.8 Å². The first kappa shape index (κ1) is 17.2. The molecule has 0 aromatic heterocycles. The summed E-state index contributed by atoms with van der Waals surface area (Å²) in [6, 6.07) is 0.655. The zero-order valence-corrected chi connectivity index (χ0v) is 14.1. The Labute approximate surface area is 130 Å². The largest absolute Gasteiger partial charge is 0.394 e. The number of rotatable bonds is 10. The number of aliphatic hydroxyl groups is 1. The van der Waals surface area contributed by atoms with Crippen LogP contribution in [0.1, 0.15) is 84.5 Å². The van der Waals surface area contributed by atoms with Gasteiger partial charge in [0.25, 0.3) is 0 Å². The molecule has 0 spiro atoms. The lowest BCUT2D eigenvalue weighted by Crippen LogP contribution is -2.54. The van der Waals surface area contributed by atoms with Gasteiger partial charge in [-0.05, 0) is 51.9 Å². The fourth-order valence-corrected chi connectivity index (χ4v) is 3.66. The third kappa shape index (κ3) is 5.88. The summed E-state index contributed by atoms with van der Waals surface area (Å²) in [7, 11) is 0. The molecule has 0 heterocycles. The highest BCUT2D eigenvalue weighted by molar-refractivity contribution is 4.99. The average Bonchev–Trinajstić information content (AvgIpc) is 3.28. The standard InChI is InChI=1S/C18H35NO2/c1-3-4-5-6-8-15(2)21-17-9-7-12-18(13-17,14-20)19-16-10-11-16/h15-17,19-20H,3-14H2,1-2H3. The molecular formula is C18H35NO2. The van der Waals surface area contributed by atoms with Crippen LogP contribution in [0.5, 0.6) is 0 Å². The number of hydrogen-bond acceptors (Lipinski definition) is 3. The lowest BCUT2D eigenvalue weighted by atomic mass is 9.80. The second kappa shape index (κ2) is 8.50. The summed E-state index contributed by atoms with van der Waals surface area (Å²) in [4.78, 5) is 0. The lowest BCUT2D eigenvalue weighted by molar-refractivity contribution is -0.0541. The summed E-state index contributed by atoms with van der Waals surface area (Å²) in [5.74, 6) is 0. The first-order valence-corrected chi connectivity index (χ1v) is 9.21. The van der Waals surface area contributed by atoms with Gasteiger partial charge in [-0.2, -0.15) is 0 Å². The molecule has 2 fully saturated rings. The smallest absolute Gasteiger partial charge is 0.0614 e. The van der Waals surface area contributed by atoms with Crippen molar-refractivity contribution < 1.29 is 9.84 Å². The van der Waals surface area contributed by atoms with Crippen LogP contribution < -0.4 is 5.32 Å². The van der Waals surface area contributed by atoms with Crippen molar-refractivity contribution in [3.63, 3.8) is 0 Å². The first-order valence-electron chi connectivity index (χ1n) is 9.21. The van der Waals surface area contributed by atoms with Gasteiger partial charge < -0.3 is 15.2 Å². The number of unbranched alkanes of at least 4 members (excludes halogenated alkanes) is 3. The van der Waals surface area contributed by atoms with Gasteiger partial charge in [-0.25, -0.2) is 0 Å². The molecule has 2 aliphatic rings. The van der Waals surface area contributed by atoms with E-state index in [4.69, 9.17) is 4.74 Å². The van der Waals surface area contributed by atoms with E-state index in [1.807, 2.05) is 0 Å². The summed E-state index contributed by atoms with van der Waals surface area (Å²) in [6.07, 6.45) is 14.1. The van der Waals surface area contributed by atoms with Crippen LogP contribution in [-0.2, 0) is 4.74 Å². The summed E-state index contributed by atoms with van der Waals surface area (Å²) in [5, 5.41) is 13.5. The van der Waals surface area contributed by atoms with Crippen LogP contribution in [0.2, 0.25) is 0 Å². The Kier molecular flexibility index (Phi) is 6.97. The van der Waals surface area contributed by atoms with Crippen molar-refractivity contribution in [1.82, 2.24) is 5.32 Å². The molecule has 3 heteroatoms. The van der Waals surface area contributed by atoms with Crippen LogP contribution in [0.3, 0.4) is 0 Å². The summed E-state index contributed by atoms with van der Waals surface area (Å²) < 4.78 is 6.28. The van der Waals surface area contributed by atoms with Crippen LogP contribution in [0.15, 0.2) is 0 Å². The van der Waals surface area contributed by atoms with Crippen molar-refractivity contribution >= 4 is 0 Å². The molecule has 2 N–H and O–H groups in total. The van der Waals surface area contributed by atoms with Crippen molar-refractivity contribution in [2.75, 3.05) is 6.61 Å². The van der Waals surface area contributed by atoms with E-state index < -0.39 is 0 Å². The van der Waals surface area contributed by atoms with E-state index >= 15 is 0 Å². The van der Waals surface area contributed by atoms with Gasteiger partial charge in [0.15, 0.2) is 0 Å². The molecule has 3 nitrogen and oxygen atoms in total. The van der Waals surface area contributed by atoms with Gasteiger partial charge in [0.2, 0.25) is 0 Å². The van der Waals surface area contributed by atoms with Crippen molar-refractivity contribution in [3.05, 3.63) is 0 Å². The Morgan fingerprint density at radius 3 is 2.71 bits per heavy atom. The molecular weight excluding hydrogens is 262 g/mol. The zero-order chi connectivity index (χ0) is 15.1.